The molecule has 0 aliphatic carbocycles. The highest BCUT2D eigenvalue weighted by molar-refractivity contribution is 6.00. The van der Waals surface area contributed by atoms with E-state index >= 15 is 0 Å². The zero-order valence-electron chi connectivity index (χ0n) is 12.2. The molecule has 0 aliphatic heterocycles. The standard InChI is InChI=1S/C14H11F2N3O4/c1-3-19-5-6(14(22)23-4-2)12(20)7-10(18-17)13(21)9(16)8(15)11(7)19/h5H,3-4H2,1-2H3. The largest absolute Gasteiger partial charge is 0.865 e. The maximum absolute atomic E-state index is 14.1. The first-order valence-electron chi connectivity index (χ1n) is 6.66. The molecule has 0 bridgehead atoms. The predicted molar refractivity (Wildman–Crippen MR) is 73.9 cm³/mol. The fourth-order valence-corrected chi connectivity index (χ4v) is 2.24. The number of diazo groups is 1. The van der Waals surface area contributed by atoms with Crippen LogP contribution in [-0.2, 0) is 11.3 Å². The zero-order chi connectivity index (χ0) is 17.3. The molecule has 2 rings (SSSR count). The maximum atomic E-state index is 14.1. The lowest BCUT2D eigenvalue weighted by molar-refractivity contribution is -0.271. The van der Waals surface area contributed by atoms with E-state index < -0.39 is 50.9 Å². The number of rotatable bonds is 3. The van der Waals surface area contributed by atoms with Crippen LogP contribution in [0, 0.1) is 17.0 Å². The Morgan fingerprint density at radius 2 is 2.04 bits per heavy atom. The van der Waals surface area contributed by atoms with Gasteiger partial charge in [0.05, 0.1) is 12.1 Å². The number of fused-ring (bicyclic) bond motifs is 1. The Bertz CT molecular complexity index is 915. The number of aryl methyl sites for hydroxylation is 1. The van der Waals surface area contributed by atoms with Crippen LogP contribution in [0.4, 0.5) is 14.5 Å². The summed E-state index contributed by atoms with van der Waals surface area (Å²) < 4.78 is 33.6. The summed E-state index contributed by atoms with van der Waals surface area (Å²) in [5.41, 5.74) is -3.07. The molecule has 1 heterocycles. The lowest BCUT2D eigenvalue weighted by atomic mass is 10.1. The van der Waals surface area contributed by atoms with E-state index in [1.54, 1.807) is 6.92 Å². The van der Waals surface area contributed by atoms with Crippen molar-refractivity contribution in [3.05, 3.63) is 38.6 Å². The van der Waals surface area contributed by atoms with Crippen LogP contribution in [0.1, 0.15) is 24.2 Å². The molecule has 23 heavy (non-hydrogen) atoms. The third-order valence-electron chi connectivity index (χ3n) is 3.27. The molecule has 0 N–H and O–H groups in total. The van der Waals surface area contributed by atoms with E-state index in [-0.39, 0.29) is 13.2 Å². The van der Waals surface area contributed by atoms with Gasteiger partial charge in [0.2, 0.25) is 10.8 Å². The van der Waals surface area contributed by atoms with Gasteiger partial charge in [-0.3, -0.25) is 4.79 Å². The Morgan fingerprint density at radius 3 is 2.57 bits per heavy atom. The minimum atomic E-state index is -1.77. The number of carbonyl (C=O) groups is 1. The van der Waals surface area contributed by atoms with Crippen LogP contribution in [-0.4, -0.2) is 17.1 Å². The molecular formula is C14H11F2N3O4. The summed E-state index contributed by atoms with van der Waals surface area (Å²) in [6.07, 6.45) is 1.01. The van der Waals surface area contributed by atoms with Crippen LogP contribution in [0.15, 0.2) is 11.0 Å². The van der Waals surface area contributed by atoms with Crippen molar-refractivity contribution in [2.45, 2.75) is 20.4 Å². The van der Waals surface area contributed by atoms with E-state index in [1.165, 1.54) is 6.92 Å². The predicted octanol–water partition coefficient (Wildman–Crippen LogP) is 2.03. The van der Waals surface area contributed by atoms with Gasteiger partial charge in [0.25, 0.3) is 0 Å². The highest BCUT2D eigenvalue weighted by Crippen LogP contribution is 2.36. The molecule has 0 aliphatic rings. The van der Waals surface area contributed by atoms with Gasteiger partial charge >= 0.3 is 11.7 Å². The van der Waals surface area contributed by atoms with Gasteiger partial charge in [-0.15, -0.1) is 0 Å². The normalized spacial score (nSPS) is 10.6. The molecule has 0 spiro atoms. The van der Waals surface area contributed by atoms with Crippen molar-refractivity contribution in [3.63, 3.8) is 0 Å². The number of hydrogen-bond donors (Lipinski definition) is 0. The molecule has 0 saturated carbocycles. The van der Waals surface area contributed by atoms with Crippen molar-refractivity contribution in [3.8, 4) is 5.75 Å². The van der Waals surface area contributed by atoms with Gasteiger partial charge < -0.3 is 14.4 Å². The molecule has 0 saturated heterocycles. The summed E-state index contributed by atoms with van der Waals surface area (Å²) in [5.74, 6) is -5.87. The molecule has 2 aromatic rings. The van der Waals surface area contributed by atoms with Gasteiger partial charge in [-0.05, 0) is 13.8 Å². The molecule has 0 radical (unpaired) electrons. The molecule has 0 unspecified atom stereocenters. The van der Waals surface area contributed by atoms with Crippen molar-refractivity contribution in [1.82, 2.24) is 4.57 Å². The SMILES string of the molecule is CCOC(=O)c1cn(CC)c2c(F)c(F)c([O-])c([N+]#N)c2c1=O. The number of halogens is 2. The third kappa shape index (κ3) is 2.38. The van der Waals surface area contributed by atoms with Crippen molar-refractivity contribution >= 4 is 22.6 Å². The summed E-state index contributed by atoms with van der Waals surface area (Å²) in [6, 6.07) is 0. The van der Waals surface area contributed by atoms with Crippen LogP contribution in [0.5, 0.6) is 5.75 Å². The monoisotopic (exact) mass is 323 g/mol. The van der Waals surface area contributed by atoms with E-state index in [0.717, 1.165) is 10.8 Å². The average Bonchev–Trinajstić information content (AvgIpc) is 2.54. The first kappa shape index (κ1) is 16.4. The number of nitrogens with zero attached hydrogens (tertiary/aromatic N) is 3. The first-order chi connectivity index (χ1) is 10.9. The summed E-state index contributed by atoms with van der Waals surface area (Å²) in [6.45, 7) is 3.13. The molecule has 7 nitrogen and oxygen atoms in total. The third-order valence-corrected chi connectivity index (χ3v) is 3.27. The topological polar surface area (TPSA) is 99.5 Å². The number of aromatic nitrogens is 1. The van der Waals surface area contributed by atoms with Gasteiger partial charge in [0.1, 0.15) is 10.9 Å². The zero-order valence-corrected chi connectivity index (χ0v) is 12.2. The number of benzene rings is 1. The van der Waals surface area contributed by atoms with Crippen LogP contribution < -0.4 is 10.5 Å². The molecule has 1 aromatic heterocycles. The van der Waals surface area contributed by atoms with Gasteiger partial charge in [0, 0.05) is 18.5 Å². The Balaban J connectivity index is 3.08. The fraction of sp³-hybridized carbons (Fsp3) is 0.286. The summed E-state index contributed by atoms with van der Waals surface area (Å²) >= 11 is 0. The number of pyridine rings is 1. The van der Waals surface area contributed by atoms with Crippen molar-refractivity contribution in [2.75, 3.05) is 6.61 Å². The Morgan fingerprint density at radius 1 is 1.39 bits per heavy atom. The van der Waals surface area contributed by atoms with Gasteiger partial charge in [-0.2, -0.15) is 0 Å². The summed E-state index contributed by atoms with van der Waals surface area (Å²) in [4.78, 5) is 26.8. The van der Waals surface area contributed by atoms with Crippen LogP contribution in [0.25, 0.3) is 15.9 Å². The van der Waals surface area contributed by atoms with E-state index in [9.17, 15) is 23.5 Å². The minimum Gasteiger partial charge on any atom is -0.865 e. The number of ether oxygens (including phenoxy) is 1. The fourth-order valence-electron chi connectivity index (χ4n) is 2.24. The summed E-state index contributed by atoms with van der Waals surface area (Å²) in [5, 5.41) is 19.9. The second-order valence-corrected chi connectivity index (χ2v) is 4.51. The lowest BCUT2D eigenvalue weighted by Gasteiger charge is -2.14. The second-order valence-electron chi connectivity index (χ2n) is 4.51. The average molecular weight is 323 g/mol. The highest BCUT2D eigenvalue weighted by atomic mass is 19.2. The number of hydrogen-bond acceptors (Lipinski definition) is 5. The van der Waals surface area contributed by atoms with Gasteiger partial charge in [-0.1, -0.05) is 0 Å². The molecule has 1 aromatic carbocycles. The molecule has 0 fully saturated rings. The highest BCUT2D eigenvalue weighted by Gasteiger charge is 2.29. The quantitative estimate of drug-likeness (QED) is 0.635. The Kier molecular flexibility index (Phi) is 4.27. The van der Waals surface area contributed by atoms with Crippen molar-refractivity contribution < 1.29 is 23.4 Å². The maximum Gasteiger partial charge on any atom is 0.393 e. The minimum absolute atomic E-state index is 0.00967. The van der Waals surface area contributed by atoms with Crippen LogP contribution >= 0.6 is 0 Å². The number of esters is 1. The van der Waals surface area contributed by atoms with E-state index in [2.05, 4.69) is 4.98 Å². The van der Waals surface area contributed by atoms with E-state index in [1.807, 2.05) is 0 Å². The molecule has 0 atom stereocenters. The van der Waals surface area contributed by atoms with Crippen LogP contribution in [0.2, 0.25) is 0 Å². The lowest BCUT2D eigenvalue weighted by Crippen LogP contribution is -2.22. The van der Waals surface area contributed by atoms with Crippen LogP contribution in [0.3, 0.4) is 0 Å². The van der Waals surface area contributed by atoms with E-state index in [0.29, 0.717) is 0 Å². The van der Waals surface area contributed by atoms with Crippen molar-refractivity contribution in [1.29, 1.82) is 5.39 Å². The van der Waals surface area contributed by atoms with Crippen molar-refractivity contribution in [2.24, 2.45) is 0 Å². The number of carbonyl (C=O) groups excluding carboxylic acids is 1. The van der Waals surface area contributed by atoms with E-state index in [4.69, 9.17) is 10.1 Å². The molecule has 0 amide bonds. The molecule has 9 heteroatoms. The van der Waals surface area contributed by atoms with Gasteiger partial charge in [-0.25, -0.2) is 13.6 Å². The Labute approximate surface area is 128 Å². The van der Waals surface area contributed by atoms with Gasteiger partial charge in [0.15, 0.2) is 16.6 Å². The molecular weight excluding hydrogens is 312 g/mol. The smallest absolute Gasteiger partial charge is 0.393 e. The summed E-state index contributed by atoms with van der Waals surface area (Å²) in [7, 11) is 0. The Hall–Kier alpha value is -3.02. The second kappa shape index (κ2) is 6.00. The molecule has 120 valence electrons. The first-order valence-corrected chi connectivity index (χ1v) is 6.66.